The number of benzene rings is 1. The lowest BCUT2D eigenvalue weighted by Gasteiger charge is -2.07. The molecule has 0 aliphatic rings. The largest absolute Gasteiger partial charge is 0.485 e. The van der Waals surface area contributed by atoms with Crippen molar-refractivity contribution in [2.24, 2.45) is 0 Å². The van der Waals surface area contributed by atoms with Gasteiger partial charge >= 0.3 is 0 Å². The summed E-state index contributed by atoms with van der Waals surface area (Å²) >= 11 is 11.8. The molecule has 0 fully saturated rings. The molecule has 0 saturated carbocycles. The topological polar surface area (TPSA) is 57.3 Å². The fraction of sp³-hybridized carbons (Fsp3) is 0.222. The number of aromatic nitrogens is 2. The SMILES string of the molecule is Cc1cc(-n2c(C)cc(C(=O)COc3ccc(Cl)c(Cl)c3)c2C)no1. The van der Waals surface area contributed by atoms with Crippen LogP contribution in [0, 0.1) is 20.8 Å². The summed E-state index contributed by atoms with van der Waals surface area (Å²) in [4.78, 5) is 12.6. The van der Waals surface area contributed by atoms with Crippen molar-refractivity contribution in [2.75, 3.05) is 6.61 Å². The third-order valence-corrected chi connectivity index (χ3v) is 4.58. The molecule has 3 rings (SSSR count). The number of hydrogen-bond donors (Lipinski definition) is 0. The predicted octanol–water partition coefficient (Wildman–Crippen LogP) is 4.96. The molecule has 2 aromatic heterocycles. The van der Waals surface area contributed by atoms with Crippen LogP contribution in [-0.4, -0.2) is 22.1 Å². The van der Waals surface area contributed by atoms with E-state index in [0.29, 0.717) is 32.9 Å². The van der Waals surface area contributed by atoms with Gasteiger partial charge in [-0.25, -0.2) is 0 Å². The first-order chi connectivity index (χ1) is 11.9. The number of halogens is 2. The van der Waals surface area contributed by atoms with Gasteiger partial charge in [-0.05, 0) is 39.0 Å². The van der Waals surface area contributed by atoms with Crippen LogP contribution in [0.2, 0.25) is 10.0 Å². The van der Waals surface area contributed by atoms with Crippen LogP contribution in [-0.2, 0) is 0 Å². The lowest BCUT2D eigenvalue weighted by molar-refractivity contribution is 0.0921. The van der Waals surface area contributed by atoms with Gasteiger partial charge in [-0.15, -0.1) is 0 Å². The third-order valence-electron chi connectivity index (χ3n) is 3.84. The zero-order valence-corrected chi connectivity index (χ0v) is 15.5. The molecule has 0 unspecified atom stereocenters. The van der Waals surface area contributed by atoms with Crippen LogP contribution in [0.15, 0.2) is 34.9 Å². The molecule has 2 heterocycles. The number of carbonyl (C=O) groups excluding carboxylic acids is 1. The molecule has 3 aromatic rings. The van der Waals surface area contributed by atoms with Gasteiger partial charge in [-0.3, -0.25) is 9.36 Å². The van der Waals surface area contributed by atoms with E-state index in [1.54, 1.807) is 18.2 Å². The van der Waals surface area contributed by atoms with Crippen molar-refractivity contribution in [3.05, 3.63) is 63.1 Å². The van der Waals surface area contributed by atoms with Gasteiger partial charge in [0.15, 0.2) is 12.4 Å². The van der Waals surface area contributed by atoms with Gasteiger partial charge in [0.05, 0.1) is 10.0 Å². The number of nitrogens with zero attached hydrogens (tertiary/aromatic N) is 2. The van der Waals surface area contributed by atoms with Crippen molar-refractivity contribution in [1.29, 1.82) is 0 Å². The predicted molar refractivity (Wildman–Crippen MR) is 96.3 cm³/mol. The van der Waals surface area contributed by atoms with Crippen molar-refractivity contribution in [2.45, 2.75) is 20.8 Å². The number of carbonyl (C=O) groups is 1. The molecule has 0 N–H and O–H groups in total. The van der Waals surface area contributed by atoms with Crippen molar-refractivity contribution in [3.8, 4) is 11.6 Å². The molecule has 5 nitrogen and oxygen atoms in total. The van der Waals surface area contributed by atoms with Crippen molar-refractivity contribution < 1.29 is 14.1 Å². The Bertz CT molecular complexity index is 944. The van der Waals surface area contributed by atoms with Gasteiger partial charge in [0.1, 0.15) is 11.5 Å². The molecule has 0 spiro atoms. The Balaban J connectivity index is 1.79. The van der Waals surface area contributed by atoms with Crippen LogP contribution in [0.4, 0.5) is 0 Å². The molecule has 130 valence electrons. The first-order valence-corrected chi connectivity index (χ1v) is 8.36. The van der Waals surface area contributed by atoms with E-state index in [0.717, 1.165) is 11.4 Å². The summed E-state index contributed by atoms with van der Waals surface area (Å²) in [5.74, 6) is 1.71. The average molecular weight is 379 g/mol. The second-order valence-electron chi connectivity index (χ2n) is 5.70. The van der Waals surface area contributed by atoms with Crippen LogP contribution >= 0.6 is 23.2 Å². The molecular formula is C18H16Cl2N2O3. The molecule has 25 heavy (non-hydrogen) atoms. The highest BCUT2D eigenvalue weighted by Crippen LogP contribution is 2.27. The van der Waals surface area contributed by atoms with Gasteiger partial charge in [0.2, 0.25) is 5.78 Å². The maximum atomic E-state index is 12.6. The Morgan fingerprint density at radius 1 is 1.16 bits per heavy atom. The molecule has 0 aliphatic carbocycles. The first kappa shape index (κ1) is 17.6. The average Bonchev–Trinajstić information content (AvgIpc) is 3.11. The Morgan fingerprint density at radius 3 is 2.56 bits per heavy atom. The van der Waals surface area contributed by atoms with Gasteiger partial charge in [0.25, 0.3) is 0 Å². The van der Waals surface area contributed by atoms with E-state index >= 15 is 0 Å². The zero-order valence-electron chi connectivity index (χ0n) is 14.0. The summed E-state index contributed by atoms with van der Waals surface area (Å²) in [6.07, 6.45) is 0. The standard InChI is InChI=1S/C18H16Cl2N2O3/c1-10-6-14(12(3)22(10)18-7-11(2)25-21-18)17(23)9-24-13-4-5-15(19)16(20)8-13/h4-8H,9H2,1-3H3. The third kappa shape index (κ3) is 3.57. The second-order valence-corrected chi connectivity index (χ2v) is 6.52. The quantitative estimate of drug-likeness (QED) is 0.588. The van der Waals surface area contributed by atoms with E-state index in [4.69, 9.17) is 32.5 Å². The molecule has 0 atom stereocenters. The summed E-state index contributed by atoms with van der Waals surface area (Å²) in [7, 11) is 0. The fourth-order valence-corrected chi connectivity index (χ4v) is 2.94. The van der Waals surface area contributed by atoms with Crippen LogP contribution in [0.3, 0.4) is 0 Å². The van der Waals surface area contributed by atoms with Crippen LogP contribution in [0.5, 0.6) is 5.75 Å². The molecular weight excluding hydrogens is 363 g/mol. The van der Waals surface area contributed by atoms with Crippen molar-refractivity contribution >= 4 is 29.0 Å². The number of rotatable bonds is 5. The van der Waals surface area contributed by atoms with Gasteiger partial charge < -0.3 is 9.26 Å². The number of aryl methyl sites for hydroxylation is 2. The minimum absolute atomic E-state index is 0.0971. The number of hydrogen-bond acceptors (Lipinski definition) is 4. The van der Waals surface area contributed by atoms with Crippen LogP contribution in [0.25, 0.3) is 5.82 Å². The summed E-state index contributed by atoms with van der Waals surface area (Å²) in [6, 6.07) is 8.52. The lowest BCUT2D eigenvalue weighted by Crippen LogP contribution is -2.12. The van der Waals surface area contributed by atoms with Crippen LogP contribution < -0.4 is 4.74 Å². The van der Waals surface area contributed by atoms with Gasteiger partial charge in [-0.1, -0.05) is 28.4 Å². The molecule has 0 radical (unpaired) electrons. The normalized spacial score (nSPS) is 10.9. The Labute approximate surface area is 155 Å². The van der Waals surface area contributed by atoms with Gasteiger partial charge in [0, 0.05) is 29.1 Å². The van der Waals surface area contributed by atoms with E-state index in [9.17, 15) is 4.79 Å². The molecule has 1 aromatic carbocycles. The summed E-state index contributed by atoms with van der Waals surface area (Å²) in [6.45, 7) is 5.50. The highest BCUT2D eigenvalue weighted by atomic mass is 35.5. The lowest BCUT2D eigenvalue weighted by atomic mass is 10.1. The Kier molecular flexibility index (Phi) is 4.88. The smallest absolute Gasteiger partial charge is 0.202 e. The highest BCUT2D eigenvalue weighted by molar-refractivity contribution is 6.42. The highest BCUT2D eigenvalue weighted by Gasteiger charge is 2.19. The Hall–Kier alpha value is -2.24. The van der Waals surface area contributed by atoms with E-state index < -0.39 is 0 Å². The van der Waals surface area contributed by atoms with E-state index in [1.807, 2.05) is 37.5 Å². The van der Waals surface area contributed by atoms with E-state index in [-0.39, 0.29) is 12.4 Å². The maximum Gasteiger partial charge on any atom is 0.202 e. The number of ether oxygens (including phenoxy) is 1. The fourth-order valence-electron chi connectivity index (χ4n) is 2.65. The maximum absolute atomic E-state index is 12.6. The monoisotopic (exact) mass is 378 g/mol. The minimum atomic E-state index is -0.134. The minimum Gasteiger partial charge on any atom is -0.485 e. The number of Topliss-reactive ketones (excluding diaryl/α,β-unsaturated/α-hetero) is 1. The van der Waals surface area contributed by atoms with Crippen molar-refractivity contribution in [1.82, 2.24) is 9.72 Å². The molecule has 7 heteroatoms. The molecule has 0 amide bonds. The summed E-state index contributed by atoms with van der Waals surface area (Å²) in [5, 5.41) is 4.83. The molecule has 0 saturated heterocycles. The van der Waals surface area contributed by atoms with E-state index in [1.165, 1.54) is 0 Å². The zero-order chi connectivity index (χ0) is 18.1. The van der Waals surface area contributed by atoms with Crippen molar-refractivity contribution in [3.63, 3.8) is 0 Å². The van der Waals surface area contributed by atoms with Crippen LogP contribution in [0.1, 0.15) is 27.5 Å². The van der Waals surface area contributed by atoms with E-state index in [2.05, 4.69) is 5.16 Å². The first-order valence-electron chi connectivity index (χ1n) is 7.60. The molecule has 0 bridgehead atoms. The van der Waals surface area contributed by atoms with Gasteiger partial charge in [-0.2, -0.15) is 0 Å². The second kappa shape index (κ2) is 6.94. The summed E-state index contributed by atoms with van der Waals surface area (Å²) in [5.41, 5.74) is 2.26. The Morgan fingerprint density at radius 2 is 1.92 bits per heavy atom. The number of ketones is 1. The summed E-state index contributed by atoms with van der Waals surface area (Å²) < 4.78 is 12.5. The molecule has 0 aliphatic heterocycles.